The monoisotopic (exact) mass is 228 g/mol. The van der Waals surface area contributed by atoms with Gasteiger partial charge in [0, 0.05) is 6.07 Å². The highest BCUT2D eigenvalue weighted by atomic mass is 35.5. The fraction of sp³-hybridized carbons (Fsp3) is 0. The van der Waals surface area contributed by atoms with Crippen LogP contribution in [0.3, 0.4) is 0 Å². The van der Waals surface area contributed by atoms with Crippen molar-refractivity contribution in [2.75, 3.05) is 0 Å². The SMILES string of the molecule is Clc1ccccc1-c1nc2[c]cccc2o1. The molecule has 0 N–H and O–H groups in total. The summed E-state index contributed by atoms with van der Waals surface area (Å²) in [5, 5.41) is 0.633. The average molecular weight is 229 g/mol. The minimum absolute atomic E-state index is 0.531. The summed E-state index contributed by atoms with van der Waals surface area (Å²) in [6.07, 6.45) is 0. The maximum absolute atomic E-state index is 6.08. The second kappa shape index (κ2) is 3.65. The summed E-state index contributed by atoms with van der Waals surface area (Å²) in [5.74, 6) is 0.531. The van der Waals surface area contributed by atoms with E-state index in [2.05, 4.69) is 11.1 Å². The van der Waals surface area contributed by atoms with Crippen molar-refractivity contribution in [2.24, 2.45) is 0 Å². The molecule has 1 aromatic heterocycles. The van der Waals surface area contributed by atoms with Crippen LogP contribution in [0.4, 0.5) is 0 Å². The van der Waals surface area contributed by atoms with Crippen LogP contribution in [0.1, 0.15) is 0 Å². The van der Waals surface area contributed by atoms with E-state index in [-0.39, 0.29) is 0 Å². The molecule has 0 saturated carbocycles. The first kappa shape index (κ1) is 9.43. The molecule has 3 heteroatoms. The van der Waals surface area contributed by atoms with Crippen LogP contribution in [0, 0.1) is 6.07 Å². The number of hydrogen-bond donors (Lipinski definition) is 0. The van der Waals surface area contributed by atoms with Gasteiger partial charge < -0.3 is 4.42 Å². The average Bonchev–Trinajstić information content (AvgIpc) is 2.73. The van der Waals surface area contributed by atoms with E-state index >= 15 is 0 Å². The Kier molecular flexibility index (Phi) is 2.15. The molecule has 0 amide bonds. The molecule has 0 fully saturated rings. The van der Waals surface area contributed by atoms with Gasteiger partial charge in [0.15, 0.2) is 5.58 Å². The van der Waals surface area contributed by atoms with Crippen LogP contribution in [-0.2, 0) is 0 Å². The first-order valence-corrected chi connectivity index (χ1v) is 5.24. The van der Waals surface area contributed by atoms with E-state index in [9.17, 15) is 0 Å². The highest BCUT2D eigenvalue weighted by Crippen LogP contribution is 2.29. The van der Waals surface area contributed by atoms with Crippen LogP contribution >= 0.6 is 11.6 Å². The molecule has 1 heterocycles. The number of para-hydroxylation sites is 1. The molecule has 0 spiro atoms. The number of oxazole rings is 1. The van der Waals surface area contributed by atoms with E-state index in [1.165, 1.54) is 0 Å². The first-order chi connectivity index (χ1) is 7.84. The normalized spacial score (nSPS) is 10.8. The second-order valence-electron chi connectivity index (χ2n) is 3.38. The smallest absolute Gasteiger partial charge is 0.228 e. The minimum Gasteiger partial charge on any atom is -0.436 e. The quantitative estimate of drug-likeness (QED) is 0.630. The Hall–Kier alpha value is -1.80. The van der Waals surface area contributed by atoms with E-state index in [1.807, 2.05) is 36.4 Å². The maximum Gasteiger partial charge on any atom is 0.228 e. The van der Waals surface area contributed by atoms with E-state index in [0.717, 1.165) is 16.7 Å². The first-order valence-electron chi connectivity index (χ1n) is 4.87. The molecular formula is C13H7ClNO. The predicted octanol–water partition coefficient (Wildman–Crippen LogP) is 3.95. The molecule has 77 valence electrons. The van der Waals surface area contributed by atoms with Crippen molar-refractivity contribution in [3.05, 3.63) is 53.6 Å². The van der Waals surface area contributed by atoms with Gasteiger partial charge in [-0.1, -0.05) is 35.9 Å². The largest absolute Gasteiger partial charge is 0.436 e. The molecule has 0 saturated heterocycles. The predicted molar refractivity (Wildman–Crippen MR) is 63.3 cm³/mol. The number of rotatable bonds is 1. The van der Waals surface area contributed by atoms with Crippen molar-refractivity contribution in [2.45, 2.75) is 0 Å². The molecular weight excluding hydrogens is 222 g/mol. The lowest BCUT2D eigenvalue weighted by Gasteiger charge is -1.96. The van der Waals surface area contributed by atoms with E-state index in [0.29, 0.717) is 10.9 Å². The lowest BCUT2D eigenvalue weighted by Crippen LogP contribution is -1.77. The maximum atomic E-state index is 6.08. The zero-order valence-electron chi connectivity index (χ0n) is 8.27. The number of fused-ring (bicyclic) bond motifs is 1. The zero-order chi connectivity index (χ0) is 11.0. The highest BCUT2D eigenvalue weighted by Gasteiger charge is 2.10. The molecule has 2 nitrogen and oxygen atoms in total. The van der Waals surface area contributed by atoms with Gasteiger partial charge >= 0.3 is 0 Å². The molecule has 3 rings (SSSR count). The molecule has 0 aliphatic heterocycles. The highest BCUT2D eigenvalue weighted by molar-refractivity contribution is 6.33. The van der Waals surface area contributed by atoms with Gasteiger partial charge in [-0.05, 0) is 18.2 Å². The van der Waals surface area contributed by atoms with Crippen molar-refractivity contribution in [3.8, 4) is 11.5 Å². The van der Waals surface area contributed by atoms with Crippen molar-refractivity contribution in [1.82, 2.24) is 4.98 Å². The lowest BCUT2D eigenvalue weighted by molar-refractivity contribution is 0.620. The fourth-order valence-electron chi connectivity index (χ4n) is 1.56. The summed E-state index contributed by atoms with van der Waals surface area (Å²) in [5.41, 5.74) is 2.24. The molecule has 0 bridgehead atoms. The summed E-state index contributed by atoms with van der Waals surface area (Å²) >= 11 is 6.08. The molecule has 0 atom stereocenters. The number of aromatic nitrogens is 1. The molecule has 0 aliphatic carbocycles. The Bertz CT molecular complexity index is 612. The van der Waals surface area contributed by atoms with Crippen LogP contribution in [0.5, 0.6) is 0 Å². The standard InChI is InChI=1S/C13H7ClNO/c14-10-6-2-1-5-9(10)13-15-11-7-3-4-8-12(11)16-13/h1-6,8H. The van der Waals surface area contributed by atoms with Gasteiger partial charge in [0.1, 0.15) is 5.52 Å². The number of nitrogens with zero attached hydrogens (tertiary/aromatic N) is 1. The molecule has 0 unspecified atom stereocenters. The van der Waals surface area contributed by atoms with Crippen LogP contribution in [-0.4, -0.2) is 4.98 Å². The van der Waals surface area contributed by atoms with Crippen LogP contribution in [0.2, 0.25) is 5.02 Å². The third-order valence-electron chi connectivity index (χ3n) is 2.32. The summed E-state index contributed by atoms with van der Waals surface area (Å²) < 4.78 is 5.61. The van der Waals surface area contributed by atoms with E-state index in [4.69, 9.17) is 16.0 Å². The minimum atomic E-state index is 0.531. The van der Waals surface area contributed by atoms with Crippen molar-refractivity contribution >= 4 is 22.7 Å². The molecule has 0 aliphatic rings. The van der Waals surface area contributed by atoms with Gasteiger partial charge in [-0.15, -0.1) is 0 Å². The topological polar surface area (TPSA) is 26.0 Å². The van der Waals surface area contributed by atoms with Crippen molar-refractivity contribution in [3.63, 3.8) is 0 Å². The van der Waals surface area contributed by atoms with Crippen molar-refractivity contribution in [1.29, 1.82) is 0 Å². The van der Waals surface area contributed by atoms with Gasteiger partial charge in [0.25, 0.3) is 0 Å². The Morgan fingerprint density at radius 2 is 2.00 bits per heavy atom. The summed E-state index contributed by atoms with van der Waals surface area (Å²) in [6, 6.07) is 16.0. The number of halogens is 1. The van der Waals surface area contributed by atoms with Gasteiger partial charge in [-0.25, -0.2) is 4.98 Å². The zero-order valence-corrected chi connectivity index (χ0v) is 9.03. The van der Waals surface area contributed by atoms with E-state index in [1.54, 1.807) is 6.07 Å². The van der Waals surface area contributed by atoms with Crippen LogP contribution < -0.4 is 0 Å². The lowest BCUT2D eigenvalue weighted by atomic mass is 10.2. The van der Waals surface area contributed by atoms with E-state index < -0.39 is 0 Å². The molecule has 2 aromatic carbocycles. The Labute approximate surface area is 97.5 Å². The van der Waals surface area contributed by atoms with Crippen molar-refractivity contribution < 1.29 is 4.42 Å². The third-order valence-corrected chi connectivity index (χ3v) is 2.65. The number of hydrogen-bond acceptors (Lipinski definition) is 2. The van der Waals surface area contributed by atoms with Gasteiger partial charge in [-0.2, -0.15) is 0 Å². The molecule has 3 aromatic rings. The summed E-state index contributed by atoms with van der Waals surface area (Å²) in [6.45, 7) is 0. The Morgan fingerprint density at radius 1 is 1.12 bits per heavy atom. The van der Waals surface area contributed by atoms with Gasteiger partial charge in [0.05, 0.1) is 10.6 Å². The Morgan fingerprint density at radius 3 is 2.81 bits per heavy atom. The fourth-order valence-corrected chi connectivity index (χ4v) is 1.78. The van der Waals surface area contributed by atoms with Crippen LogP contribution in [0.25, 0.3) is 22.6 Å². The molecule has 1 radical (unpaired) electrons. The number of benzene rings is 2. The van der Waals surface area contributed by atoms with Crippen LogP contribution in [0.15, 0.2) is 46.9 Å². The summed E-state index contributed by atoms with van der Waals surface area (Å²) in [7, 11) is 0. The third kappa shape index (κ3) is 1.48. The Balaban J connectivity index is 2.23. The molecule has 16 heavy (non-hydrogen) atoms. The van der Waals surface area contributed by atoms with Gasteiger partial charge in [-0.3, -0.25) is 0 Å². The summed E-state index contributed by atoms with van der Waals surface area (Å²) in [4.78, 5) is 4.34. The second-order valence-corrected chi connectivity index (χ2v) is 3.79. The van der Waals surface area contributed by atoms with Gasteiger partial charge in [0.2, 0.25) is 5.89 Å².